The SMILES string of the molecule is CCc1ccc(NC(=O)C(C)Sc2nc(C)c(C)n2CCOC)cc1. The summed E-state index contributed by atoms with van der Waals surface area (Å²) in [6.45, 7) is 9.40. The molecule has 1 unspecified atom stereocenters. The number of ether oxygens (including phenoxy) is 1. The molecule has 0 radical (unpaired) electrons. The summed E-state index contributed by atoms with van der Waals surface area (Å²) >= 11 is 1.47. The number of aromatic nitrogens is 2. The number of hydrogen-bond acceptors (Lipinski definition) is 4. The number of rotatable bonds is 8. The van der Waals surface area contributed by atoms with E-state index < -0.39 is 0 Å². The summed E-state index contributed by atoms with van der Waals surface area (Å²) in [5, 5.41) is 3.59. The average molecular weight is 362 g/mol. The number of nitrogens with zero attached hydrogens (tertiary/aromatic N) is 2. The number of carbonyl (C=O) groups excluding carboxylic acids is 1. The van der Waals surface area contributed by atoms with Crippen LogP contribution in [0.25, 0.3) is 0 Å². The molecule has 1 aromatic carbocycles. The molecule has 6 heteroatoms. The lowest BCUT2D eigenvalue weighted by atomic mass is 10.1. The third-order valence-corrected chi connectivity index (χ3v) is 5.31. The van der Waals surface area contributed by atoms with Gasteiger partial charge >= 0.3 is 0 Å². The van der Waals surface area contributed by atoms with Gasteiger partial charge < -0.3 is 14.6 Å². The van der Waals surface area contributed by atoms with Gasteiger partial charge in [-0.25, -0.2) is 4.98 Å². The molecular formula is C19H27N3O2S. The number of methoxy groups -OCH3 is 1. The Balaban J connectivity index is 2.04. The van der Waals surface area contributed by atoms with Gasteiger partial charge in [-0.15, -0.1) is 0 Å². The van der Waals surface area contributed by atoms with E-state index in [4.69, 9.17) is 4.74 Å². The second-order valence-corrected chi connectivity index (χ2v) is 7.32. The first-order valence-electron chi connectivity index (χ1n) is 8.55. The number of nitrogens with one attached hydrogen (secondary N) is 1. The molecule has 0 aliphatic carbocycles. The van der Waals surface area contributed by atoms with E-state index in [1.54, 1.807) is 7.11 Å². The minimum Gasteiger partial charge on any atom is -0.383 e. The van der Waals surface area contributed by atoms with Crippen LogP contribution in [0.4, 0.5) is 5.69 Å². The molecule has 0 saturated carbocycles. The van der Waals surface area contributed by atoms with Crippen molar-refractivity contribution < 1.29 is 9.53 Å². The average Bonchev–Trinajstić information content (AvgIpc) is 2.87. The third kappa shape index (κ3) is 5.09. The van der Waals surface area contributed by atoms with E-state index in [2.05, 4.69) is 21.8 Å². The molecule has 0 saturated heterocycles. The summed E-state index contributed by atoms with van der Waals surface area (Å²) in [5.41, 5.74) is 4.18. The van der Waals surface area contributed by atoms with Crippen molar-refractivity contribution in [2.75, 3.05) is 19.0 Å². The molecule has 0 aliphatic heterocycles. The van der Waals surface area contributed by atoms with Crippen LogP contribution < -0.4 is 5.32 Å². The van der Waals surface area contributed by atoms with Crippen molar-refractivity contribution in [3.63, 3.8) is 0 Å². The van der Waals surface area contributed by atoms with Crippen molar-refractivity contribution in [1.82, 2.24) is 9.55 Å². The quantitative estimate of drug-likeness (QED) is 0.726. The van der Waals surface area contributed by atoms with E-state index in [0.29, 0.717) is 6.61 Å². The Morgan fingerprint density at radius 1 is 1.32 bits per heavy atom. The molecule has 1 heterocycles. The monoisotopic (exact) mass is 361 g/mol. The minimum atomic E-state index is -0.242. The van der Waals surface area contributed by atoms with Gasteiger partial charge in [0.15, 0.2) is 5.16 Å². The summed E-state index contributed by atoms with van der Waals surface area (Å²) in [5.74, 6) is -0.0224. The fourth-order valence-corrected chi connectivity index (χ4v) is 3.47. The van der Waals surface area contributed by atoms with Crippen LogP contribution in [0.15, 0.2) is 29.4 Å². The Labute approximate surface area is 154 Å². The van der Waals surface area contributed by atoms with Crippen LogP contribution >= 0.6 is 11.8 Å². The number of aryl methyl sites for hydroxylation is 2. The Kier molecular flexibility index (Phi) is 7.08. The summed E-state index contributed by atoms with van der Waals surface area (Å²) < 4.78 is 7.29. The highest BCUT2D eigenvalue weighted by Gasteiger charge is 2.19. The molecular weight excluding hydrogens is 334 g/mol. The fourth-order valence-electron chi connectivity index (χ4n) is 2.44. The Morgan fingerprint density at radius 3 is 2.60 bits per heavy atom. The molecule has 136 valence electrons. The van der Waals surface area contributed by atoms with Gasteiger partial charge in [0, 0.05) is 25.0 Å². The molecule has 1 aromatic heterocycles. The number of amides is 1. The minimum absolute atomic E-state index is 0.0224. The first-order chi connectivity index (χ1) is 12.0. The van der Waals surface area contributed by atoms with E-state index in [-0.39, 0.29) is 11.2 Å². The van der Waals surface area contributed by atoms with Crippen LogP contribution in [0.3, 0.4) is 0 Å². The fraction of sp³-hybridized carbons (Fsp3) is 0.474. The topological polar surface area (TPSA) is 56.2 Å². The standard InChI is InChI=1S/C19H27N3O2S/c1-6-16-7-9-17(10-8-16)21-18(23)15(4)25-19-20-13(2)14(3)22(19)11-12-24-5/h7-10,15H,6,11-12H2,1-5H3,(H,21,23). The zero-order valence-corrected chi connectivity index (χ0v) is 16.4. The van der Waals surface area contributed by atoms with Crippen molar-refractivity contribution in [3.8, 4) is 0 Å². The molecule has 0 fully saturated rings. The Bertz CT molecular complexity index is 710. The van der Waals surface area contributed by atoms with Crippen molar-refractivity contribution >= 4 is 23.4 Å². The second-order valence-electron chi connectivity index (χ2n) is 6.01. The molecule has 0 bridgehead atoms. The van der Waals surface area contributed by atoms with Crippen LogP contribution in [-0.4, -0.2) is 34.4 Å². The number of thioether (sulfide) groups is 1. The maximum atomic E-state index is 12.5. The van der Waals surface area contributed by atoms with Gasteiger partial charge in [-0.1, -0.05) is 30.8 Å². The highest BCUT2D eigenvalue weighted by Crippen LogP contribution is 2.26. The van der Waals surface area contributed by atoms with E-state index in [1.807, 2.05) is 45.0 Å². The molecule has 1 atom stereocenters. The van der Waals surface area contributed by atoms with Gasteiger partial charge in [0.05, 0.1) is 17.6 Å². The molecule has 5 nitrogen and oxygen atoms in total. The predicted molar refractivity (Wildman–Crippen MR) is 103 cm³/mol. The third-order valence-electron chi connectivity index (χ3n) is 4.22. The molecule has 0 aliphatic rings. The lowest BCUT2D eigenvalue weighted by Crippen LogP contribution is -2.23. The number of carbonyl (C=O) groups is 1. The van der Waals surface area contributed by atoms with Crippen LogP contribution in [0.1, 0.15) is 30.8 Å². The highest BCUT2D eigenvalue weighted by atomic mass is 32.2. The lowest BCUT2D eigenvalue weighted by molar-refractivity contribution is -0.115. The number of benzene rings is 1. The zero-order chi connectivity index (χ0) is 18.4. The predicted octanol–water partition coefficient (Wildman–Crippen LogP) is 3.83. The van der Waals surface area contributed by atoms with Crippen LogP contribution in [0.5, 0.6) is 0 Å². The van der Waals surface area contributed by atoms with Crippen LogP contribution in [0.2, 0.25) is 0 Å². The van der Waals surface area contributed by atoms with Crippen molar-refractivity contribution in [3.05, 3.63) is 41.2 Å². The molecule has 2 rings (SSSR count). The summed E-state index contributed by atoms with van der Waals surface area (Å²) in [6, 6.07) is 7.97. The second kappa shape index (κ2) is 9.06. The highest BCUT2D eigenvalue weighted by molar-refractivity contribution is 8.00. The van der Waals surface area contributed by atoms with Gasteiger partial charge in [-0.2, -0.15) is 0 Å². The zero-order valence-electron chi connectivity index (χ0n) is 15.6. The lowest BCUT2D eigenvalue weighted by Gasteiger charge is -2.14. The van der Waals surface area contributed by atoms with Gasteiger partial charge in [0.25, 0.3) is 0 Å². The normalized spacial score (nSPS) is 12.2. The van der Waals surface area contributed by atoms with E-state index in [9.17, 15) is 4.79 Å². The maximum absolute atomic E-state index is 12.5. The van der Waals surface area contributed by atoms with Gasteiger partial charge in [-0.05, 0) is 44.9 Å². The maximum Gasteiger partial charge on any atom is 0.237 e. The van der Waals surface area contributed by atoms with Crippen molar-refractivity contribution in [1.29, 1.82) is 0 Å². The first-order valence-corrected chi connectivity index (χ1v) is 9.43. The van der Waals surface area contributed by atoms with Gasteiger partial charge in [0.1, 0.15) is 0 Å². The van der Waals surface area contributed by atoms with Crippen molar-refractivity contribution in [2.24, 2.45) is 0 Å². The smallest absolute Gasteiger partial charge is 0.237 e. The van der Waals surface area contributed by atoms with Crippen molar-refractivity contribution in [2.45, 2.75) is 51.1 Å². The largest absolute Gasteiger partial charge is 0.383 e. The molecule has 1 amide bonds. The number of hydrogen-bond donors (Lipinski definition) is 1. The number of anilines is 1. The molecule has 25 heavy (non-hydrogen) atoms. The van der Waals surface area contributed by atoms with Gasteiger partial charge in [-0.3, -0.25) is 4.79 Å². The summed E-state index contributed by atoms with van der Waals surface area (Å²) in [4.78, 5) is 17.1. The van der Waals surface area contributed by atoms with Gasteiger partial charge in [0.2, 0.25) is 5.91 Å². The molecule has 0 spiro atoms. The van der Waals surface area contributed by atoms with E-state index in [1.165, 1.54) is 17.3 Å². The molecule has 1 N–H and O–H groups in total. The number of imidazole rings is 1. The first kappa shape index (κ1) is 19.5. The van der Waals surface area contributed by atoms with E-state index in [0.717, 1.165) is 35.2 Å². The Hall–Kier alpha value is -1.79. The summed E-state index contributed by atoms with van der Waals surface area (Å²) in [6.07, 6.45) is 0.989. The van der Waals surface area contributed by atoms with Crippen LogP contribution in [0, 0.1) is 13.8 Å². The summed E-state index contributed by atoms with van der Waals surface area (Å²) in [7, 11) is 1.69. The Morgan fingerprint density at radius 2 is 2.00 bits per heavy atom. The van der Waals surface area contributed by atoms with Crippen LogP contribution in [-0.2, 0) is 22.5 Å². The molecule has 2 aromatic rings. The van der Waals surface area contributed by atoms with E-state index >= 15 is 0 Å².